The molecule has 0 aromatic carbocycles. The van der Waals surface area contributed by atoms with Crippen LogP contribution in [0.25, 0.3) is 0 Å². The minimum absolute atomic E-state index is 0.293. The third-order valence-electron chi connectivity index (χ3n) is 2.17. The van der Waals surface area contributed by atoms with Gasteiger partial charge >= 0.3 is 0 Å². The van der Waals surface area contributed by atoms with Crippen LogP contribution in [0.5, 0.6) is 0 Å². The Labute approximate surface area is 70.2 Å². The molecule has 0 heterocycles. The molecule has 0 aromatic heterocycles. The minimum Gasteiger partial charge on any atom is -0.303 e. The fraction of sp³-hybridized carbons (Fsp3) is 0.900. The molecule has 1 unspecified atom stereocenters. The van der Waals surface area contributed by atoms with Gasteiger partial charge in [-0.1, -0.05) is 40.0 Å². The average Bonchev–Trinajstić information content (AvgIpc) is 1.97. The molecule has 0 N–H and O–H groups in total. The molecule has 0 radical (unpaired) electrons. The lowest BCUT2D eigenvalue weighted by Crippen LogP contribution is -2.09. The molecule has 0 fully saturated rings. The summed E-state index contributed by atoms with van der Waals surface area (Å²) in [6.07, 6.45) is 5.90. The van der Waals surface area contributed by atoms with E-state index in [9.17, 15) is 4.79 Å². The van der Waals surface area contributed by atoms with Crippen molar-refractivity contribution in [3.8, 4) is 0 Å². The van der Waals surface area contributed by atoms with Crippen molar-refractivity contribution in [3.63, 3.8) is 0 Å². The number of carbonyl (C=O) groups is 1. The average molecular weight is 156 g/mol. The molecular formula is C10H20O. The van der Waals surface area contributed by atoms with Crippen molar-refractivity contribution in [1.82, 2.24) is 0 Å². The second-order valence-electron chi connectivity index (χ2n) is 3.54. The van der Waals surface area contributed by atoms with Crippen molar-refractivity contribution >= 4 is 6.29 Å². The van der Waals surface area contributed by atoms with E-state index in [4.69, 9.17) is 0 Å². The second kappa shape index (κ2) is 6.38. The summed E-state index contributed by atoms with van der Waals surface area (Å²) in [4.78, 5) is 10.5. The normalized spacial score (nSPS) is 13.5. The highest BCUT2D eigenvalue weighted by Gasteiger charge is 2.10. The van der Waals surface area contributed by atoms with Crippen LogP contribution in [0.15, 0.2) is 0 Å². The number of hydrogen-bond acceptors (Lipinski definition) is 1. The molecule has 0 aromatic rings. The van der Waals surface area contributed by atoms with E-state index < -0.39 is 0 Å². The summed E-state index contributed by atoms with van der Waals surface area (Å²) in [6, 6.07) is 0. The van der Waals surface area contributed by atoms with E-state index in [1.165, 1.54) is 19.3 Å². The van der Waals surface area contributed by atoms with E-state index in [2.05, 4.69) is 20.8 Å². The molecule has 1 heteroatoms. The maximum atomic E-state index is 10.5. The van der Waals surface area contributed by atoms with Gasteiger partial charge in [-0.05, 0) is 12.3 Å². The summed E-state index contributed by atoms with van der Waals surface area (Å²) in [5, 5.41) is 0. The van der Waals surface area contributed by atoms with Crippen LogP contribution < -0.4 is 0 Å². The summed E-state index contributed by atoms with van der Waals surface area (Å²) < 4.78 is 0. The smallest absolute Gasteiger partial charge is 0.123 e. The first-order valence-electron chi connectivity index (χ1n) is 4.67. The predicted molar refractivity (Wildman–Crippen MR) is 48.5 cm³/mol. The van der Waals surface area contributed by atoms with Gasteiger partial charge < -0.3 is 4.79 Å². The molecule has 0 saturated heterocycles. The lowest BCUT2D eigenvalue weighted by Gasteiger charge is -2.12. The third kappa shape index (κ3) is 5.00. The van der Waals surface area contributed by atoms with Crippen LogP contribution >= 0.6 is 0 Å². The van der Waals surface area contributed by atoms with Crippen LogP contribution in [-0.2, 0) is 4.79 Å². The van der Waals surface area contributed by atoms with Crippen LogP contribution in [0.2, 0.25) is 0 Å². The minimum atomic E-state index is 0.293. The number of unbranched alkanes of at least 4 members (excludes halogenated alkanes) is 2. The Bertz CT molecular complexity index is 97.0. The van der Waals surface area contributed by atoms with Crippen molar-refractivity contribution in [2.24, 2.45) is 11.8 Å². The first-order chi connectivity index (χ1) is 5.22. The zero-order valence-electron chi connectivity index (χ0n) is 7.97. The highest BCUT2D eigenvalue weighted by Crippen LogP contribution is 2.15. The quantitative estimate of drug-likeness (QED) is 0.426. The van der Waals surface area contributed by atoms with Gasteiger partial charge in [-0.25, -0.2) is 0 Å². The van der Waals surface area contributed by atoms with Crippen LogP contribution in [0.4, 0.5) is 0 Å². The van der Waals surface area contributed by atoms with Gasteiger partial charge in [0.1, 0.15) is 6.29 Å². The number of hydrogen-bond donors (Lipinski definition) is 0. The van der Waals surface area contributed by atoms with E-state index in [1.54, 1.807) is 0 Å². The number of aldehydes is 1. The predicted octanol–water partition coefficient (Wildman–Crippen LogP) is 3.04. The molecule has 1 nitrogen and oxygen atoms in total. The molecule has 0 aliphatic heterocycles. The number of rotatable bonds is 6. The Kier molecular flexibility index (Phi) is 6.19. The molecule has 1 atom stereocenters. The molecule has 0 spiro atoms. The van der Waals surface area contributed by atoms with Gasteiger partial charge in [0.25, 0.3) is 0 Å². The van der Waals surface area contributed by atoms with Crippen molar-refractivity contribution in [2.45, 2.75) is 46.5 Å². The molecule has 0 aliphatic carbocycles. The maximum absolute atomic E-state index is 10.5. The monoisotopic (exact) mass is 156 g/mol. The SMILES string of the molecule is CCCCCC(C=O)C(C)C. The molecule has 66 valence electrons. The zero-order chi connectivity index (χ0) is 8.69. The molecule has 0 rings (SSSR count). The van der Waals surface area contributed by atoms with Gasteiger partial charge in [-0.2, -0.15) is 0 Å². The largest absolute Gasteiger partial charge is 0.303 e. The van der Waals surface area contributed by atoms with Gasteiger partial charge in [0.2, 0.25) is 0 Å². The maximum Gasteiger partial charge on any atom is 0.123 e. The summed E-state index contributed by atoms with van der Waals surface area (Å²) in [5.74, 6) is 0.811. The van der Waals surface area contributed by atoms with Crippen LogP contribution in [0.1, 0.15) is 46.5 Å². The van der Waals surface area contributed by atoms with Gasteiger partial charge in [0, 0.05) is 5.92 Å². The standard InChI is InChI=1S/C10H20O/c1-4-5-6-7-10(8-11)9(2)3/h8-10H,4-7H2,1-3H3. The summed E-state index contributed by atoms with van der Waals surface area (Å²) in [6.45, 7) is 6.42. The van der Waals surface area contributed by atoms with Crippen molar-refractivity contribution < 1.29 is 4.79 Å². The Morgan fingerprint density at radius 3 is 2.27 bits per heavy atom. The third-order valence-corrected chi connectivity index (χ3v) is 2.17. The highest BCUT2D eigenvalue weighted by atomic mass is 16.1. The van der Waals surface area contributed by atoms with Crippen LogP contribution in [0.3, 0.4) is 0 Å². The molecule has 11 heavy (non-hydrogen) atoms. The van der Waals surface area contributed by atoms with Crippen molar-refractivity contribution in [3.05, 3.63) is 0 Å². The van der Waals surface area contributed by atoms with Crippen molar-refractivity contribution in [1.29, 1.82) is 0 Å². The first kappa shape index (κ1) is 10.7. The first-order valence-corrected chi connectivity index (χ1v) is 4.67. The van der Waals surface area contributed by atoms with Gasteiger partial charge in [0.05, 0.1) is 0 Å². The fourth-order valence-corrected chi connectivity index (χ4v) is 1.19. The lowest BCUT2D eigenvalue weighted by molar-refractivity contribution is -0.112. The Morgan fingerprint density at radius 2 is 1.91 bits per heavy atom. The molecule has 0 saturated carbocycles. The van der Waals surface area contributed by atoms with Gasteiger partial charge in [-0.15, -0.1) is 0 Å². The van der Waals surface area contributed by atoms with E-state index in [1.807, 2.05) is 0 Å². The van der Waals surface area contributed by atoms with E-state index >= 15 is 0 Å². The summed E-state index contributed by atoms with van der Waals surface area (Å²) in [5.41, 5.74) is 0. The molecule has 0 bridgehead atoms. The van der Waals surface area contributed by atoms with Crippen molar-refractivity contribution in [2.75, 3.05) is 0 Å². The highest BCUT2D eigenvalue weighted by molar-refractivity contribution is 5.53. The molecule has 0 aliphatic rings. The Morgan fingerprint density at radius 1 is 1.27 bits per heavy atom. The Balaban J connectivity index is 3.44. The van der Waals surface area contributed by atoms with E-state index in [0.717, 1.165) is 12.7 Å². The summed E-state index contributed by atoms with van der Waals surface area (Å²) >= 11 is 0. The molecule has 0 amide bonds. The van der Waals surface area contributed by atoms with E-state index in [0.29, 0.717) is 11.8 Å². The van der Waals surface area contributed by atoms with Crippen LogP contribution in [0, 0.1) is 11.8 Å². The topological polar surface area (TPSA) is 17.1 Å². The van der Waals surface area contributed by atoms with Gasteiger partial charge in [0.15, 0.2) is 0 Å². The van der Waals surface area contributed by atoms with Crippen LogP contribution in [-0.4, -0.2) is 6.29 Å². The zero-order valence-corrected chi connectivity index (χ0v) is 7.97. The summed E-state index contributed by atoms with van der Waals surface area (Å²) in [7, 11) is 0. The lowest BCUT2D eigenvalue weighted by atomic mass is 9.92. The molecular weight excluding hydrogens is 136 g/mol. The van der Waals surface area contributed by atoms with E-state index in [-0.39, 0.29) is 0 Å². The fourth-order valence-electron chi connectivity index (χ4n) is 1.19. The number of carbonyl (C=O) groups excluding carboxylic acids is 1. The van der Waals surface area contributed by atoms with Gasteiger partial charge in [-0.3, -0.25) is 0 Å². The second-order valence-corrected chi connectivity index (χ2v) is 3.54. The Hall–Kier alpha value is -0.330.